The SMILES string of the molecule is CCCC(O)(c1ccc(F)cc1)C(C(=O)OCC)C(F)F. The maximum atomic E-state index is 13.3. The molecule has 0 bridgehead atoms. The van der Waals surface area contributed by atoms with Gasteiger partial charge in [0.2, 0.25) is 0 Å². The van der Waals surface area contributed by atoms with Crippen LogP contribution in [0.15, 0.2) is 24.3 Å². The summed E-state index contributed by atoms with van der Waals surface area (Å²) < 4.78 is 44.3. The first kappa shape index (κ1) is 17.5. The largest absolute Gasteiger partial charge is 0.466 e. The fourth-order valence-corrected chi connectivity index (χ4v) is 2.34. The maximum Gasteiger partial charge on any atom is 0.318 e. The van der Waals surface area contributed by atoms with Gasteiger partial charge >= 0.3 is 5.97 Å². The molecule has 0 radical (unpaired) electrons. The van der Waals surface area contributed by atoms with Crippen LogP contribution < -0.4 is 0 Å². The van der Waals surface area contributed by atoms with Crippen LogP contribution in [0.25, 0.3) is 0 Å². The van der Waals surface area contributed by atoms with E-state index in [1.807, 2.05) is 0 Å². The third kappa shape index (κ3) is 3.97. The molecule has 1 N–H and O–H groups in total. The highest BCUT2D eigenvalue weighted by Gasteiger charge is 2.48. The Morgan fingerprint density at radius 1 is 1.29 bits per heavy atom. The molecule has 0 aliphatic rings. The van der Waals surface area contributed by atoms with E-state index in [0.717, 1.165) is 12.1 Å². The van der Waals surface area contributed by atoms with Crippen LogP contribution in [0.2, 0.25) is 0 Å². The second-order valence-corrected chi connectivity index (χ2v) is 4.75. The van der Waals surface area contributed by atoms with Gasteiger partial charge in [0.05, 0.1) is 6.61 Å². The average Bonchev–Trinajstić information content (AvgIpc) is 2.39. The van der Waals surface area contributed by atoms with E-state index in [0.29, 0.717) is 6.42 Å². The van der Waals surface area contributed by atoms with Gasteiger partial charge in [-0.1, -0.05) is 25.5 Å². The van der Waals surface area contributed by atoms with E-state index in [-0.39, 0.29) is 18.6 Å². The molecule has 0 fully saturated rings. The molecule has 0 aromatic heterocycles. The van der Waals surface area contributed by atoms with E-state index in [1.54, 1.807) is 6.92 Å². The van der Waals surface area contributed by atoms with Gasteiger partial charge < -0.3 is 9.84 Å². The molecule has 1 aromatic carbocycles. The normalized spacial score (nSPS) is 15.6. The first-order chi connectivity index (χ1) is 9.86. The van der Waals surface area contributed by atoms with Crippen molar-refractivity contribution in [3.8, 4) is 0 Å². The lowest BCUT2D eigenvalue weighted by atomic mass is 9.78. The minimum atomic E-state index is -3.09. The molecule has 3 nitrogen and oxygen atoms in total. The van der Waals surface area contributed by atoms with E-state index in [4.69, 9.17) is 0 Å². The lowest BCUT2D eigenvalue weighted by molar-refractivity contribution is -0.173. The number of benzene rings is 1. The minimum Gasteiger partial charge on any atom is -0.466 e. The highest BCUT2D eigenvalue weighted by molar-refractivity contribution is 5.74. The quantitative estimate of drug-likeness (QED) is 0.787. The molecule has 1 rings (SSSR count). The van der Waals surface area contributed by atoms with Crippen molar-refractivity contribution >= 4 is 5.97 Å². The summed E-state index contributed by atoms with van der Waals surface area (Å²) in [6.45, 7) is 3.13. The van der Waals surface area contributed by atoms with Crippen LogP contribution in [0.4, 0.5) is 13.2 Å². The highest BCUT2D eigenvalue weighted by Crippen LogP contribution is 2.38. The highest BCUT2D eigenvalue weighted by atomic mass is 19.3. The van der Waals surface area contributed by atoms with Crippen molar-refractivity contribution in [2.45, 2.75) is 38.7 Å². The summed E-state index contributed by atoms with van der Waals surface area (Å²) in [6, 6.07) is 4.53. The molecule has 2 atom stereocenters. The number of alkyl halides is 2. The zero-order valence-corrected chi connectivity index (χ0v) is 12.0. The van der Waals surface area contributed by atoms with Gasteiger partial charge in [0.25, 0.3) is 6.43 Å². The third-order valence-corrected chi connectivity index (χ3v) is 3.28. The molecule has 0 heterocycles. The van der Waals surface area contributed by atoms with Gasteiger partial charge in [0, 0.05) is 0 Å². The Balaban J connectivity index is 3.27. The zero-order valence-electron chi connectivity index (χ0n) is 12.0. The van der Waals surface area contributed by atoms with Crippen LogP contribution in [-0.2, 0) is 15.1 Å². The molecule has 21 heavy (non-hydrogen) atoms. The molecule has 2 unspecified atom stereocenters. The van der Waals surface area contributed by atoms with Crippen molar-refractivity contribution in [2.75, 3.05) is 6.61 Å². The summed E-state index contributed by atoms with van der Waals surface area (Å²) in [5, 5.41) is 10.7. The van der Waals surface area contributed by atoms with Gasteiger partial charge in [0.1, 0.15) is 11.4 Å². The van der Waals surface area contributed by atoms with Crippen molar-refractivity contribution < 1.29 is 27.8 Å². The Labute approximate surface area is 121 Å². The van der Waals surface area contributed by atoms with Crippen molar-refractivity contribution in [3.05, 3.63) is 35.6 Å². The smallest absolute Gasteiger partial charge is 0.318 e. The van der Waals surface area contributed by atoms with E-state index in [9.17, 15) is 23.1 Å². The van der Waals surface area contributed by atoms with Crippen molar-refractivity contribution in [1.29, 1.82) is 0 Å². The van der Waals surface area contributed by atoms with E-state index >= 15 is 0 Å². The second kappa shape index (κ2) is 7.45. The molecule has 0 aliphatic carbocycles. The summed E-state index contributed by atoms with van der Waals surface area (Å²) in [5.74, 6) is -3.72. The molecular formula is C15H19F3O3. The number of rotatable bonds is 7. The van der Waals surface area contributed by atoms with Gasteiger partial charge in [-0.05, 0) is 31.0 Å². The summed E-state index contributed by atoms with van der Waals surface area (Å²) in [5.41, 5.74) is -2.02. The van der Waals surface area contributed by atoms with Crippen LogP contribution in [-0.4, -0.2) is 24.1 Å². The van der Waals surface area contributed by atoms with Gasteiger partial charge in [-0.2, -0.15) is 0 Å². The van der Waals surface area contributed by atoms with Crippen LogP contribution in [0.3, 0.4) is 0 Å². The molecule has 0 aliphatic heterocycles. The number of halogens is 3. The number of esters is 1. The number of hydrogen-bond donors (Lipinski definition) is 1. The standard InChI is InChI=1S/C15H19F3O3/c1-3-9-15(20,10-5-7-11(16)8-6-10)12(13(17)18)14(19)21-4-2/h5-8,12-13,20H,3-4,9H2,1-2H3. The molecule has 0 amide bonds. The summed E-state index contributed by atoms with van der Waals surface area (Å²) in [4.78, 5) is 11.8. The fraction of sp³-hybridized carbons (Fsp3) is 0.533. The second-order valence-electron chi connectivity index (χ2n) is 4.75. The monoisotopic (exact) mass is 304 g/mol. The Morgan fingerprint density at radius 3 is 2.29 bits per heavy atom. The molecule has 0 spiro atoms. The summed E-state index contributed by atoms with van der Waals surface area (Å²) in [7, 11) is 0. The topological polar surface area (TPSA) is 46.5 Å². The lowest BCUT2D eigenvalue weighted by Crippen LogP contribution is -2.45. The predicted octanol–water partition coefficient (Wildman–Crippen LogP) is 3.26. The maximum absolute atomic E-state index is 13.3. The van der Waals surface area contributed by atoms with Crippen LogP contribution in [0.5, 0.6) is 0 Å². The Bertz CT molecular complexity index is 462. The zero-order chi connectivity index (χ0) is 16.0. The summed E-state index contributed by atoms with van der Waals surface area (Å²) >= 11 is 0. The van der Waals surface area contributed by atoms with Crippen molar-refractivity contribution in [3.63, 3.8) is 0 Å². The van der Waals surface area contributed by atoms with Crippen molar-refractivity contribution in [2.24, 2.45) is 5.92 Å². The number of aliphatic hydroxyl groups is 1. The Morgan fingerprint density at radius 2 is 1.86 bits per heavy atom. The lowest BCUT2D eigenvalue weighted by Gasteiger charge is -2.34. The first-order valence-corrected chi connectivity index (χ1v) is 6.80. The Kier molecular flexibility index (Phi) is 6.20. The third-order valence-electron chi connectivity index (χ3n) is 3.28. The van der Waals surface area contributed by atoms with Crippen LogP contribution in [0.1, 0.15) is 32.3 Å². The van der Waals surface area contributed by atoms with Crippen molar-refractivity contribution in [1.82, 2.24) is 0 Å². The fourth-order valence-electron chi connectivity index (χ4n) is 2.34. The predicted molar refractivity (Wildman–Crippen MR) is 71.3 cm³/mol. The number of carbonyl (C=O) groups is 1. The molecule has 0 saturated carbocycles. The van der Waals surface area contributed by atoms with E-state index in [1.165, 1.54) is 19.1 Å². The molecule has 118 valence electrons. The molecule has 1 aromatic rings. The number of carbonyl (C=O) groups excluding carboxylic acids is 1. The van der Waals surface area contributed by atoms with Gasteiger partial charge in [-0.3, -0.25) is 4.79 Å². The minimum absolute atomic E-state index is 0.0618. The van der Waals surface area contributed by atoms with E-state index in [2.05, 4.69) is 4.74 Å². The number of hydrogen-bond acceptors (Lipinski definition) is 3. The van der Waals surface area contributed by atoms with Crippen LogP contribution >= 0.6 is 0 Å². The van der Waals surface area contributed by atoms with E-state index < -0.39 is 29.7 Å². The van der Waals surface area contributed by atoms with Gasteiger partial charge in [-0.15, -0.1) is 0 Å². The molecular weight excluding hydrogens is 285 g/mol. The molecule has 0 saturated heterocycles. The van der Waals surface area contributed by atoms with Gasteiger partial charge in [0.15, 0.2) is 5.92 Å². The number of ether oxygens (including phenoxy) is 1. The first-order valence-electron chi connectivity index (χ1n) is 6.80. The van der Waals surface area contributed by atoms with Gasteiger partial charge in [-0.25, -0.2) is 13.2 Å². The summed E-state index contributed by atoms with van der Waals surface area (Å²) in [6.07, 6.45) is -2.78. The van der Waals surface area contributed by atoms with Crippen LogP contribution in [0, 0.1) is 11.7 Å². The Hall–Kier alpha value is -1.56. The average molecular weight is 304 g/mol. The molecule has 6 heteroatoms.